The molecule has 2 N–H and O–H groups in total. The lowest BCUT2D eigenvalue weighted by atomic mass is 10.2. The van der Waals surface area contributed by atoms with Crippen molar-refractivity contribution in [1.82, 2.24) is 19.5 Å². The normalized spacial score (nSPS) is 11.8. The molecule has 114 valence electrons. The summed E-state index contributed by atoms with van der Waals surface area (Å²) in [5, 5.41) is 13.1. The van der Waals surface area contributed by atoms with Crippen molar-refractivity contribution in [3.05, 3.63) is 41.3 Å². The van der Waals surface area contributed by atoms with Gasteiger partial charge >= 0.3 is 0 Å². The zero-order valence-electron chi connectivity index (χ0n) is 11.9. The van der Waals surface area contributed by atoms with Gasteiger partial charge in [0.1, 0.15) is 0 Å². The van der Waals surface area contributed by atoms with Crippen LogP contribution in [0.5, 0.6) is 0 Å². The quantitative estimate of drug-likeness (QED) is 0.802. The maximum atomic E-state index is 12.1. The summed E-state index contributed by atoms with van der Waals surface area (Å²) in [7, 11) is -1.88. The lowest BCUT2D eigenvalue weighted by Crippen LogP contribution is -2.24. The van der Waals surface area contributed by atoms with Gasteiger partial charge in [0.2, 0.25) is 0 Å². The topological polar surface area (TPSA) is 97.1 Å². The van der Waals surface area contributed by atoms with Gasteiger partial charge in [-0.05, 0) is 18.1 Å². The van der Waals surface area contributed by atoms with Crippen molar-refractivity contribution in [2.24, 2.45) is 7.05 Å². The van der Waals surface area contributed by atoms with E-state index in [9.17, 15) is 8.42 Å². The van der Waals surface area contributed by atoms with Crippen molar-refractivity contribution in [2.45, 2.75) is 31.5 Å². The number of hydrogen-bond donors (Lipinski definition) is 2. The molecule has 0 radical (unpaired) electrons. The Hall–Kier alpha value is -1.77. The minimum atomic E-state index is -3.68. The van der Waals surface area contributed by atoms with Crippen LogP contribution in [-0.4, -0.2) is 28.3 Å². The number of nitrogens with zero attached hydrogens (tertiary/aromatic N) is 3. The Labute approximate surface area is 123 Å². The van der Waals surface area contributed by atoms with E-state index in [-0.39, 0.29) is 18.2 Å². The lowest BCUT2D eigenvalue weighted by molar-refractivity contribution is 0.281. The molecule has 2 heterocycles. The Morgan fingerprint density at radius 3 is 2.71 bits per heavy atom. The number of aliphatic hydroxyl groups excluding tert-OH is 1. The highest BCUT2D eigenvalue weighted by Gasteiger charge is 2.16. The molecule has 0 bridgehead atoms. The zero-order chi connectivity index (χ0) is 15.5. The van der Waals surface area contributed by atoms with Crippen molar-refractivity contribution >= 4 is 10.0 Å². The second-order valence-corrected chi connectivity index (χ2v) is 6.33. The molecule has 0 aliphatic rings. The van der Waals surface area contributed by atoms with Crippen LogP contribution in [0.1, 0.15) is 23.7 Å². The third-order valence-corrected chi connectivity index (χ3v) is 4.35. The summed E-state index contributed by atoms with van der Waals surface area (Å²) >= 11 is 0. The molecule has 2 aromatic heterocycles. The first kappa shape index (κ1) is 15.6. The molecular weight excluding hydrogens is 292 g/mol. The first-order valence-corrected chi connectivity index (χ1v) is 8.01. The molecule has 0 unspecified atom stereocenters. The van der Waals surface area contributed by atoms with E-state index in [0.717, 1.165) is 17.7 Å². The molecule has 0 atom stereocenters. The monoisotopic (exact) mass is 310 g/mol. The zero-order valence-corrected chi connectivity index (χ0v) is 12.8. The summed E-state index contributed by atoms with van der Waals surface area (Å²) in [6.45, 7) is 1.97. The van der Waals surface area contributed by atoms with Gasteiger partial charge in [-0.15, -0.1) is 0 Å². The molecule has 2 rings (SSSR count). The molecule has 0 aliphatic carbocycles. The van der Waals surface area contributed by atoms with E-state index in [1.165, 1.54) is 18.3 Å². The Balaban J connectivity index is 2.13. The number of sulfonamides is 1. The predicted molar refractivity (Wildman–Crippen MR) is 76.8 cm³/mol. The summed E-state index contributed by atoms with van der Waals surface area (Å²) in [6, 6.07) is 2.90. The molecule has 0 fully saturated rings. The average molecular weight is 310 g/mol. The van der Waals surface area contributed by atoms with Crippen LogP contribution in [0.4, 0.5) is 0 Å². The van der Waals surface area contributed by atoms with E-state index in [0.29, 0.717) is 5.56 Å². The van der Waals surface area contributed by atoms with Crippen LogP contribution in [0.3, 0.4) is 0 Å². The standard InChI is InChI=1S/C13H18N4O3S/c1-3-12-11(8-17(2)16-12)7-15-21(19,20)13-5-4-10(9-18)6-14-13/h4-6,8,15,18H,3,7,9H2,1-2H3. The Bertz CT molecular complexity index is 708. The van der Waals surface area contributed by atoms with Crippen LogP contribution in [0.15, 0.2) is 29.6 Å². The van der Waals surface area contributed by atoms with E-state index in [1.807, 2.05) is 6.92 Å². The molecule has 7 nitrogen and oxygen atoms in total. The highest BCUT2D eigenvalue weighted by Crippen LogP contribution is 2.10. The SMILES string of the molecule is CCc1nn(C)cc1CNS(=O)(=O)c1ccc(CO)cn1. The minimum Gasteiger partial charge on any atom is -0.392 e. The van der Waals surface area contributed by atoms with Crippen LogP contribution in [-0.2, 0) is 36.6 Å². The fourth-order valence-electron chi connectivity index (χ4n) is 1.94. The van der Waals surface area contributed by atoms with Gasteiger partial charge in [0, 0.05) is 31.5 Å². The fraction of sp³-hybridized carbons (Fsp3) is 0.385. The van der Waals surface area contributed by atoms with Crippen molar-refractivity contribution in [1.29, 1.82) is 0 Å². The molecule has 0 saturated carbocycles. The van der Waals surface area contributed by atoms with Gasteiger partial charge in [0.25, 0.3) is 10.0 Å². The van der Waals surface area contributed by atoms with Crippen LogP contribution in [0.2, 0.25) is 0 Å². The molecule has 0 amide bonds. The van der Waals surface area contributed by atoms with Gasteiger partial charge in [0.05, 0.1) is 12.3 Å². The highest BCUT2D eigenvalue weighted by molar-refractivity contribution is 7.89. The summed E-state index contributed by atoms with van der Waals surface area (Å²) in [5.41, 5.74) is 2.27. The van der Waals surface area contributed by atoms with Gasteiger partial charge in [-0.3, -0.25) is 4.68 Å². The number of rotatable bonds is 6. The van der Waals surface area contributed by atoms with E-state index >= 15 is 0 Å². The lowest BCUT2D eigenvalue weighted by Gasteiger charge is -2.06. The molecule has 0 aliphatic heterocycles. The average Bonchev–Trinajstić information content (AvgIpc) is 2.85. The van der Waals surface area contributed by atoms with Crippen molar-refractivity contribution in [3.63, 3.8) is 0 Å². The second kappa shape index (κ2) is 6.33. The molecule has 0 spiro atoms. The van der Waals surface area contributed by atoms with Gasteiger partial charge in [-0.2, -0.15) is 5.10 Å². The largest absolute Gasteiger partial charge is 0.392 e. The highest BCUT2D eigenvalue weighted by atomic mass is 32.2. The van der Waals surface area contributed by atoms with E-state index in [2.05, 4.69) is 14.8 Å². The molecule has 0 saturated heterocycles. The van der Waals surface area contributed by atoms with E-state index in [4.69, 9.17) is 5.11 Å². The van der Waals surface area contributed by atoms with Crippen molar-refractivity contribution in [3.8, 4) is 0 Å². The van der Waals surface area contributed by atoms with Crippen molar-refractivity contribution < 1.29 is 13.5 Å². The summed E-state index contributed by atoms with van der Waals surface area (Å²) in [5.74, 6) is 0. The maximum Gasteiger partial charge on any atom is 0.258 e. The molecular formula is C13H18N4O3S. The Morgan fingerprint density at radius 1 is 1.38 bits per heavy atom. The van der Waals surface area contributed by atoms with Gasteiger partial charge in [-0.25, -0.2) is 18.1 Å². The number of aliphatic hydroxyl groups is 1. The van der Waals surface area contributed by atoms with Crippen LogP contribution in [0, 0.1) is 0 Å². The minimum absolute atomic E-state index is 0.0679. The van der Waals surface area contributed by atoms with Crippen molar-refractivity contribution in [2.75, 3.05) is 0 Å². The number of aryl methyl sites for hydroxylation is 2. The van der Waals surface area contributed by atoms with E-state index in [1.54, 1.807) is 17.9 Å². The number of aromatic nitrogens is 3. The fourth-order valence-corrected chi connectivity index (χ4v) is 2.87. The number of pyridine rings is 1. The summed E-state index contributed by atoms with van der Waals surface area (Å²) in [4.78, 5) is 3.85. The van der Waals surface area contributed by atoms with Gasteiger partial charge < -0.3 is 5.11 Å². The first-order chi connectivity index (χ1) is 9.96. The smallest absolute Gasteiger partial charge is 0.258 e. The maximum absolute atomic E-state index is 12.1. The second-order valence-electron chi connectivity index (χ2n) is 4.62. The molecule has 0 aromatic carbocycles. The van der Waals surface area contributed by atoms with E-state index < -0.39 is 10.0 Å². The number of hydrogen-bond acceptors (Lipinski definition) is 5. The molecule has 8 heteroatoms. The van der Waals surface area contributed by atoms with Crippen LogP contribution in [0.25, 0.3) is 0 Å². The summed E-state index contributed by atoms with van der Waals surface area (Å²) in [6.07, 6.45) is 3.88. The predicted octanol–water partition coefficient (Wildman–Crippen LogP) is 0.348. The summed E-state index contributed by atoms with van der Waals surface area (Å²) < 4.78 is 28.5. The third-order valence-electron chi connectivity index (χ3n) is 3.03. The van der Waals surface area contributed by atoms with Crippen LogP contribution < -0.4 is 4.72 Å². The van der Waals surface area contributed by atoms with Crippen LogP contribution >= 0.6 is 0 Å². The third kappa shape index (κ3) is 3.66. The number of nitrogens with one attached hydrogen (secondary N) is 1. The van der Waals surface area contributed by atoms with Gasteiger partial charge in [0.15, 0.2) is 5.03 Å². The molecule has 21 heavy (non-hydrogen) atoms. The first-order valence-electron chi connectivity index (χ1n) is 6.53. The Kier molecular flexibility index (Phi) is 4.71. The van der Waals surface area contributed by atoms with Gasteiger partial charge in [-0.1, -0.05) is 13.0 Å². The molecule has 2 aromatic rings. The Morgan fingerprint density at radius 2 is 2.14 bits per heavy atom.